The van der Waals surface area contributed by atoms with E-state index >= 15 is 0 Å². The average Bonchev–Trinajstić information content (AvgIpc) is 2.65. The number of hydrogen-bond acceptors (Lipinski definition) is 4. The molecule has 168 valence electrons. The zero-order valence-electron chi connectivity index (χ0n) is 15.7. The van der Waals surface area contributed by atoms with Gasteiger partial charge in [-0.2, -0.15) is 13.2 Å². The number of carboxylic acid groups (broad SMARTS) is 1. The maximum absolute atomic E-state index is 13.1. The number of alkyl halides is 3. The molecule has 2 N–H and O–H groups in total. The van der Waals surface area contributed by atoms with E-state index in [1.807, 2.05) is 0 Å². The minimum Gasteiger partial charge on any atom is -0.482 e. The number of nitrogens with one attached hydrogen (secondary N) is 1. The summed E-state index contributed by atoms with van der Waals surface area (Å²) in [4.78, 5) is 10.3. The van der Waals surface area contributed by atoms with Gasteiger partial charge in [0.25, 0.3) is 0 Å². The molecule has 1 unspecified atom stereocenters. The van der Waals surface area contributed by atoms with Gasteiger partial charge in [-0.15, -0.1) is 0 Å². The van der Waals surface area contributed by atoms with Gasteiger partial charge in [0.05, 0.1) is 10.5 Å². The summed E-state index contributed by atoms with van der Waals surface area (Å²) < 4.78 is 72.8. The van der Waals surface area contributed by atoms with E-state index in [1.165, 1.54) is 6.07 Å². The summed E-state index contributed by atoms with van der Waals surface area (Å²) in [6.45, 7) is -0.596. The van der Waals surface area contributed by atoms with Gasteiger partial charge in [-0.25, -0.2) is 17.9 Å². The number of benzene rings is 2. The first-order valence-electron chi connectivity index (χ1n) is 8.94. The Hall–Kier alpha value is -1.82. The smallest absolute Gasteiger partial charge is 0.416 e. The first kappa shape index (κ1) is 23.8. The molecule has 1 atom stereocenters. The Bertz CT molecular complexity index is 1120. The highest BCUT2D eigenvalue weighted by molar-refractivity contribution is 9.10. The first-order valence-corrected chi connectivity index (χ1v) is 11.6. The van der Waals surface area contributed by atoms with Gasteiger partial charge in [0.2, 0.25) is 10.0 Å². The van der Waals surface area contributed by atoms with Crippen LogP contribution in [0.1, 0.15) is 35.6 Å². The van der Waals surface area contributed by atoms with Gasteiger partial charge < -0.3 is 9.84 Å². The number of ether oxygens (including phenoxy) is 1. The van der Waals surface area contributed by atoms with E-state index in [2.05, 4.69) is 20.7 Å². The van der Waals surface area contributed by atoms with Crippen LogP contribution in [0.4, 0.5) is 13.2 Å². The second-order valence-electron chi connectivity index (χ2n) is 6.89. The molecule has 1 aliphatic rings. The van der Waals surface area contributed by atoms with Gasteiger partial charge in [0.15, 0.2) is 6.61 Å². The second-order valence-corrected chi connectivity index (χ2v) is 9.96. The van der Waals surface area contributed by atoms with E-state index < -0.39 is 45.3 Å². The van der Waals surface area contributed by atoms with Crippen LogP contribution in [0.15, 0.2) is 39.7 Å². The van der Waals surface area contributed by atoms with Crippen LogP contribution in [-0.4, -0.2) is 26.1 Å². The predicted molar refractivity (Wildman–Crippen MR) is 110 cm³/mol. The molecular formula is C19H16BrClF3NO5S. The lowest BCUT2D eigenvalue weighted by Crippen LogP contribution is -2.31. The van der Waals surface area contributed by atoms with E-state index in [4.69, 9.17) is 21.4 Å². The van der Waals surface area contributed by atoms with E-state index in [0.29, 0.717) is 36.5 Å². The first-order chi connectivity index (χ1) is 14.4. The van der Waals surface area contributed by atoms with E-state index in [0.717, 1.165) is 12.1 Å². The van der Waals surface area contributed by atoms with E-state index in [1.54, 1.807) is 6.07 Å². The van der Waals surface area contributed by atoms with Gasteiger partial charge in [-0.1, -0.05) is 27.5 Å². The standard InChI is InChI=1S/C19H16BrClF3NO5S/c20-11-4-10(19(22,23)24)5-13(6-11)31(28,29)25-16-3-1-2-14-15(16)7-12(21)8-17(14)30-9-18(26)27/h4-8,16,25H,1-3,9H2,(H,26,27). The Kier molecular flexibility index (Phi) is 6.90. The van der Waals surface area contributed by atoms with Crippen molar-refractivity contribution in [2.75, 3.05) is 6.61 Å². The molecule has 12 heteroatoms. The molecule has 3 rings (SSSR count). The van der Waals surface area contributed by atoms with Crippen LogP contribution < -0.4 is 9.46 Å². The van der Waals surface area contributed by atoms with Crippen LogP contribution in [0.25, 0.3) is 0 Å². The quantitative estimate of drug-likeness (QED) is 0.539. The molecule has 2 aromatic carbocycles. The second kappa shape index (κ2) is 8.97. The van der Waals surface area contributed by atoms with Crippen molar-refractivity contribution in [2.24, 2.45) is 0 Å². The van der Waals surface area contributed by atoms with Crippen molar-refractivity contribution in [3.8, 4) is 5.75 Å². The lowest BCUT2D eigenvalue weighted by molar-refractivity contribution is -0.139. The van der Waals surface area contributed by atoms with Crippen molar-refractivity contribution in [1.29, 1.82) is 0 Å². The number of aliphatic carboxylic acids is 1. The highest BCUT2D eigenvalue weighted by atomic mass is 79.9. The summed E-state index contributed by atoms with van der Waals surface area (Å²) in [7, 11) is -4.32. The molecular weight excluding hydrogens is 527 g/mol. The molecule has 0 saturated heterocycles. The normalized spacial score (nSPS) is 16.6. The van der Waals surface area contributed by atoms with Crippen LogP contribution >= 0.6 is 27.5 Å². The van der Waals surface area contributed by atoms with Crippen molar-refractivity contribution < 1.29 is 36.2 Å². The van der Waals surface area contributed by atoms with Crippen LogP contribution in [0.5, 0.6) is 5.75 Å². The number of rotatable bonds is 6. The lowest BCUT2D eigenvalue weighted by atomic mass is 9.87. The molecule has 0 amide bonds. The minimum atomic E-state index is -4.71. The van der Waals surface area contributed by atoms with Gasteiger partial charge in [0, 0.05) is 15.5 Å². The molecule has 0 aromatic heterocycles. The SMILES string of the molecule is O=C(O)COc1cc(Cl)cc2c1CCCC2NS(=O)(=O)c1cc(Br)cc(C(F)(F)F)c1. The Labute approximate surface area is 189 Å². The van der Waals surface area contributed by atoms with Crippen LogP contribution in [0.2, 0.25) is 5.02 Å². The van der Waals surface area contributed by atoms with Crippen LogP contribution in [-0.2, 0) is 27.4 Å². The molecule has 0 saturated carbocycles. The lowest BCUT2D eigenvalue weighted by Gasteiger charge is -2.28. The summed E-state index contributed by atoms with van der Waals surface area (Å²) in [6, 6.07) is 4.66. The third-order valence-electron chi connectivity index (χ3n) is 4.66. The van der Waals surface area contributed by atoms with Gasteiger partial charge in [-0.3, -0.25) is 0 Å². The Morgan fingerprint density at radius 1 is 1.26 bits per heavy atom. The molecule has 0 bridgehead atoms. The summed E-state index contributed by atoms with van der Waals surface area (Å²) in [5.41, 5.74) is 0.00211. The van der Waals surface area contributed by atoms with Crippen molar-refractivity contribution in [3.05, 3.63) is 56.5 Å². The topological polar surface area (TPSA) is 92.7 Å². The fourth-order valence-corrected chi connectivity index (χ4v) is 5.56. The summed E-state index contributed by atoms with van der Waals surface area (Å²) in [5, 5.41) is 9.06. The van der Waals surface area contributed by atoms with Crippen LogP contribution in [0.3, 0.4) is 0 Å². The Morgan fingerprint density at radius 3 is 2.61 bits per heavy atom. The highest BCUT2D eigenvalue weighted by Gasteiger charge is 2.34. The van der Waals surface area contributed by atoms with Crippen molar-refractivity contribution in [2.45, 2.75) is 36.4 Å². The van der Waals surface area contributed by atoms with Crippen molar-refractivity contribution in [1.82, 2.24) is 4.72 Å². The fourth-order valence-electron chi connectivity index (χ4n) is 3.38. The molecule has 0 spiro atoms. The molecule has 0 radical (unpaired) electrons. The zero-order chi connectivity index (χ0) is 23.0. The molecule has 0 aliphatic heterocycles. The molecule has 2 aromatic rings. The minimum absolute atomic E-state index is 0.0286. The third-order valence-corrected chi connectivity index (χ3v) is 6.79. The number of halogens is 5. The number of hydrogen-bond donors (Lipinski definition) is 2. The van der Waals surface area contributed by atoms with E-state index in [9.17, 15) is 26.4 Å². The number of carboxylic acids is 1. The predicted octanol–water partition coefficient (Wildman–Crippen LogP) is 4.94. The summed E-state index contributed by atoms with van der Waals surface area (Å²) >= 11 is 9.03. The molecule has 31 heavy (non-hydrogen) atoms. The van der Waals surface area contributed by atoms with Crippen molar-refractivity contribution in [3.63, 3.8) is 0 Å². The molecule has 1 aliphatic carbocycles. The number of sulfonamides is 1. The van der Waals surface area contributed by atoms with Crippen molar-refractivity contribution >= 4 is 43.5 Å². The van der Waals surface area contributed by atoms with E-state index in [-0.39, 0.29) is 15.2 Å². The Balaban J connectivity index is 1.96. The Morgan fingerprint density at radius 2 is 1.97 bits per heavy atom. The highest BCUT2D eigenvalue weighted by Crippen LogP contribution is 2.39. The molecule has 0 fully saturated rings. The van der Waals surface area contributed by atoms with Gasteiger partial charge in [0.1, 0.15) is 5.75 Å². The fraction of sp³-hybridized carbons (Fsp3) is 0.316. The van der Waals surface area contributed by atoms with Crippen LogP contribution in [0, 0.1) is 0 Å². The zero-order valence-corrected chi connectivity index (χ0v) is 18.8. The number of fused-ring (bicyclic) bond motifs is 1. The van der Waals surface area contributed by atoms with Gasteiger partial charge in [-0.05, 0) is 60.7 Å². The summed E-state index contributed by atoms with van der Waals surface area (Å²) in [6.07, 6.45) is -3.27. The largest absolute Gasteiger partial charge is 0.482 e. The third kappa shape index (κ3) is 5.71. The molecule has 6 nitrogen and oxygen atoms in total. The number of carbonyl (C=O) groups is 1. The summed E-state index contributed by atoms with van der Waals surface area (Å²) in [5.74, 6) is -0.951. The molecule has 0 heterocycles. The average molecular weight is 543 g/mol. The monoisotopic (exact) mass is 541 g/mol. The van der Waals surface area contributed by atoms with Gasteiger partial charge >= 0.3 is 12.1 Å². The maximum atomic E-state index is 13.1. The maximum Gasteiger partial charge on any atom is 0.416 e.